The van der Waals surface area contributed by atoms with Crippen LogP contribution >= 0.6 is 8.25 Å². The highest BCUT2D eigenvalue weighted by atomic mass is 31.1. The van der Waals surface area contributed by atoms with E-state index in [1.54, 1.807) is 0 Å². The van der Waals surface area contributed by atoms with Gasteiger partial charge < -0.3 is 0 Å². The Morgan fingerprint density at radius 2 is 0.783 bits per heavy atom. The van der Waals surface area contributed by atoms with Crippen LogP contribution in [0.3, 0.4) is 0 Å². The monoisotopic (exact) mass is 325 g/mol. The predicted molar refractivity (Wildman–Crippen MR) is 92.3 cm³/mol. The van der Waals surface area contributed by atoms with Crippen molar-refractivity contribution in [2.75, 3.05) is 0 Å². The zero-order chi connectivity index (χ0) is 16.5. The molecule has 4 heteroatoms. The van der Waals surface area contributed by atoms with E-state index >= 15 is 0 Å². The molecule has 3 aromatic carbocycles. The van der Waals surface area contributed by atoms with Crippen LogP contribution in [0.15, 0.2) is 91.0 Å². The Balaban J connectivity index is 0.000000433. The van der Waals surface area contributed by atoms with E-state index in [0.29, 0.717) is 5.92 Å². The highest BCUT2D eigenvalue weighted by Gasteiger charge is 2.15. The Morgan fingerprint density at radius 1 is 0.565 bits per heavy atom. The van der Waals surface area contributed by atoms with E-state index in [9.17, 15) is 0 Å². The van der Waals surface area contributed by atoms with Gasteiger partial charge in [-0.1, -0.05) is 91.0 Å². The molecule has 0 bridgehead atoms. The second-order valence-electron chi connectivity index (χ2n) is 4.92. The number of hydrogen-bond acceptors (Lipinski definition) is 1. The summed E-state index contributed by atoms with van der Waals surface area (Å²) in [6, 6.07) is 32.0. The lowest BCUT2D eigenvalue weighted by molar-refractivity contribution is 0.405. The zero-order valence-electron chi connectivity index (χ0n) is 12.5. The van der Waals surface area contributed by atoms with Gasteiger partial charge in [0.25, 0.3) is 0 Å². The third-order valence-electron chi connectivity index (χ3n) is 3.40. The van der Waals surface area contributed by atoms with Gasteiger partial charge in [0.15, 0.2) is 0 Å². The zero-order valence-corrected chi connectivity index (χ0v) is 13.4. The SMILES string of the molecule is O=[P+](O)O.c1ccc(C(c2ccccc2)c2ccccc2)cc1. The lowest BCUT2D eigenvalue weighted by Crippen LogP contribution is -2.02. The van der Waals surface area contributed by atoms with Crippen LogP contribution in [-0.2, 0) is 4.57 Å². The third-order valence-corrected chi connectivity index (χ3v) is 3.40. The molecule has 3 rings (SSSR count). The molecule has 0 aliphatic rings. The van der Waals surface area contributed by atoms with Crippen molar-refractivity contribution >= 4 is 8.25 Å². The van der Waals surface area contributed by atoms with Crippen LogP contribution < -0.4 is 0 Å². The fraction of sp³-hybridized carbons (Fsp3) is 0.0526. The average molecular weight is 325 g/mol. The van der Waals surface area contributed by atoms with E-state index in [1.165, 1.54) is 16.7 Å². The maximum Gasteiger partial charge on any atom is 0.692 e. The van der Waals surface area contributed by atoms with E-state index in [1.807, 2.05) is 0 Å². The molecule has 3 nitrogen and oxygen atoms in total. The van der Waals surface area contributed by atoms with Gasteiger partial charge in [0.05, 0.1) is 0 Å². The molecule has 0 spiro atoms. The number of rotatable bonds is 3. The molecule has 23 heavy (non-hydrogen) atoms. The highest BCUT2D eigenvalue weighted by Crippen LogP contribution is 2.31. The summed E-state index contributed by atoms with van der Waals surface area (Å²) >= 11 is 0. The van der Waals surface area contributed by atoms with Gasteiger partial charge >= 0.3 is 8.25 Å². The van der Waals surface area contributed by atoms with Crippen LogP contribution in [0.1, 0.15) is 22.6 Å². The fourth-order valence-corrected chi connectivity index (χ4v) is 2.51. The van der Waals surface area contributed by atoms with E-state index in [2.05, 4.69) is 91.0 Å². The summed E-state index contributed by atoms with van der Waals surface area (Å²) in [4.78, 5) is 14.2. The maximum atomic E-state index is 8.70. The molecule has 0 saturated carbocycles. The summed E-state index contributed by atoms with van der Waals surface area (Å²) in [6.45, 7) is 0. The Hall–Kier alpha value is -2.32. The molecular formula is C19H18O3P+. The third kappa shape index (κ3) is 5.42. The van der Waals surface area contributed by atoms with Gasteiger partial charge in [-0.2, -0.15) is 0 Å². The van der Waals surface area contributed by atoms with Crippen LogP contribution in [0.5, 0.6) is 0 Å². The summed E-state index contributed by atoms with van der Waals surface area (Å²) in [6.07, 6.45) is 0. The van der Waals surface area contributed by atoms with Crippen LogP contribution in [-0.4, -0.2) is 9.79 Å². The first-order chi connectivity index (χ1) is 11.2. The Labute approximate surface area is 136 Å². The second-order valence-corrected chi connectivity index (χ2v) is 5.42. The van der Waals surface area contributed by atoms with Crippen molar-refractivity contribution in [1.82, 2.24) is 0 Å². The average Bonchev–Trinajstić information content (AvgIpc) is 2.58. The molecule has 0 fully saturated rings. The molecule has 0 aliphatic heterocycles. The van der Waals surface area contributed by atoms with Crippen LogP contribution in [0.4, 0.5) is 0 Å². The molecule has 0 unspecified atom stereocenters. The van der Waals surface area contributed by atoms with Gasteiger partial charge in [-0.25, -0.2) is 0 Å². The molecule has 116 valence electrons. The van der Waals surface area contributed by atoms with Crippen molar-refractivity contribution in [2.45, 2.75) is 5.92 Å². The van der Waals surface area contributed by atoms with E-state index in [0.717, 1.165) is 0 Å². The molecule has 0 aliphatic carbocycles. The summed E-state index contributed by atoms with van der Waals surface area (Å²) in [7, 11) is -2.87. The van der Waals surface area contributed by atoms with E-state index in [-0.39, 0.29) is 0 Å². The quantitative estimate of drug-likeness (QED) is 0.551. The van der Waals surface area contributed by atoms with Crippen LogP contribution in [0.2, 0.25) is 0 Å². The van der Waals surface area contributed by atoms with Gasteiger partial charge in [0, 0.05) is 10.5 Å². The second kappa shape index (κ2) is 8.96. The van der Waals surface area contributed by atoms with Crippen molar-refractivity contribution in [3.63, 3.8) is 0 Å². The predicted octanol–water partition coefficient (Wildman–Crippen LogP) is 4.50. The molecular weight excluding hydrogens is 307 g/mol. The Morgan fingerprint density at radius 3 is 1.00 bits per heavy atom. The fourth-order valence-electron chi connectivity index (χ4n) is 2.51. The standard InChI is InChI=1S/C19H16.HO3P/c1-4-10-16(11-5-1)19(17-12-6-2-7-13-17)18-14-8-3-9-15-18;1-4(2)3/h1-15,19H;(H-,1,2,3)/p+1. The minimum Gasteiger partial charge on any atom is -0.134 e. The van der Waals surface area contributed by atoms with Crippen molar-refractivity contribution < 1.29 is 14.4 Å². The molecule has 2 N–H and O–H groups in total. The summed E-state index contributed by atoms with van der Waals surface area (Å²) in [5, 5.41) is 0. The summed E-state index contributed by atoms with van der Waals surface area (Å²) in [5.41, 5.74) is 4.00. The van der Waals surface area contributed by atoms with E-state index < -0.39 is 8.25 Å². The summed E-state index contributed by atoms with van der Waals surface area (Å²) in [5.74, 6) is 0.309. The van der Waals surface area contributed by atoms with Crippen molar-refractivity contribution in [3.05, 3.63) is 108 Å². The van der Waals surface area contributed by atoms with E-state index in [4.69, 9.17) is 14.4 Å². The van der Waals surface area contributed by atoms with Crippen molar-refractivity contribution in [2.24, 2.45) is 0 Å². The Kier molecular flexibility index (Phi) is 6.64. The lowest BCUT2D eigenvalue weighted by Gasteiger charge is -2.18. The van der Waals surface area contributed by atoms with Gasteiger partial charge in [-0.05, 0) is 16.7 Å². The van der Waals surface area contributed by atoms with Gasteiger partial charge in [-0.3, -0.25) is 0 Å². The largest absolute Gasteiger partial charge is 0.692 e. The first-order valence-electron chi connectivity index (χ1n) is 7.18. The molecule has 0 heterocycles. The molecule has 3 aromatic rings. The molecule has 0 amide bonds. The first-order valence-corrected chi connectivity index (χ1v) is 8.35. The normalized spacial score (nSPS) is 9.87. The van der Waals surface area contributed by atoms with Crippen molar-refractivity contribution in [3.8, 4) is 0 Å². The van der Waals surface area contributed by atoms with Gasteiger partial charge in [0.2, 0.25) is 0 Å². The summed E-state index contributed by atoms with van der Waals surface area (Å²) < 4.78 is 8.70. The molecule has 0 radical (unpaired) electrons. The minimum atomic E-state index is -2.87. The molecule has 0 atom stereocenters. The van der Waals surface area contributed by atoms with Crippen LogP contribution in [0.25, 0.3) is 0 Å². The topological polar surface area (TPSA) is 57.5 Å². The van der Waals surface area contributed by atoms with Gasteiger partial charge in [0.1, 0.15) is 0 Å². The first kappa shape index (κ1) is 17.0. The van der Waals surface area contributed by atoms with Crippen molar-refractivity contribution in [1.29, 1.82) is 0 Å². The molecule has 0 saturated heterocycles. The lowest BCUT2D eigenvalue weighted by atomic mass is 9.85. The van der Waals surface area contributed by atoms with Gasteiger partial charge in [-0.15, -0.1) is 9.79 Å². The van der Waals surface area contributed by atoms with Crippen LogP contribution in [0, 0.1) is 0 Å². The number of hydrogen-bond donors (Lipinski definition) is 2. The molecule has 0 aromatic heterocycles. The Bertz CT molecular complexity index is 617. The highest BCUT2D eigenvalue weighted by molar-refractivity contribution is 7.30. The smallest absolute Gasteiger partial charge is 0.134 e. The minimum absolute atomic E-state index is 0.309. The maximum absolute atomic E-state index is 8.70. The number of benzene rings is 3.